The first-order chi connectivity index (χ1) is 9.05. The molecule has 3 rings (SSSR count). The fourth-order valence-electron chi connectivity index (χ4n) is 1.93. The summed E-state index contributed by atoms with van der Waals surface area (Å²) >= 11 is 0. The van der Waals surface area contributed by atoms with Gasteiger partial charge in [0.2, 0.25) is 0 Å². The highest BCUT2D eigenvalue weighted by Gasteiger charge is 2.31. The van der Waals surface area contributed by atoms with Crippen LogP contribution in [0.25, 0.3) is 22.2 Å². The first-order valence-electron chi connectivity index (χ1n) is 5.55. The number of aromatic nitrogens is 1. The van der Waals surface area contributed by atoms with Gasteiger partial charge in [-0.05, 0) is 30.3 Å². The van der Waals surface area contributed by atoms with E-state index in [0.29, 0.717) is 16.6 Å². The van der Waals surface area contributed by atoms with Crippen molar-refractivity contribution in [2.24, 2.45) is 0 Å². The van der Waals surface area contributed by atoms with E-state index in [0.717, 1.165) is 12.1 Å². The van der Waals surface area contributed by atoms with Gasteiger partial charge in [0.05, 0.1) is 11.3 Å². The van der Waals surface area contributed by atoms with E-state index in [1.54, 1.807) is 18.3 Å². The zero-order valence-electron chi connectivity index (χ0n) is 9.61. The number of hydrogen-bond acceptors (Lipinski definition) is 2. The molecule has 0 bridgehead atoms. The van der Waals surface area contributed by atoms with Crippen molar-refractivity contribution in [2.45, 2.75) is 6.18 Å². The molecule has 0 radical (unpaired) electrons. The summed E-state index contributed by atoms with van der Waals surface area (Å²) in [7, 11) is 0. The maximum Gasteiger partial charge on any atom is 0.416 e. The third-order valence-electron chi connectivity index (χ3n) is 2.84. The second-order valence-electron chi connectivity index (χ2n) is 4.07. The Morgan fingerprint density at radius 2 is 1.89 bits per heavy atom. The number of halogens is 3. The van der Waals surface area contributed by atoms with Gasteiger partial charge in [-0.25, -0.2) is 0 Å². The van der Waals surface area contributed by atoms with Crippen LogP contribution in [0.15, 0.2) is 53.3 Å². The molecule has 3 aromatic rings. The van der Waals surface area contributed by atoms with Crippen LogP contribution in [0.5, 0.6) is 0 Å². The second kappa shape index (κ2) is 4.12. The summed E-state index contributed by atoms with van der Waals surface area (Å²) in [5.74, 6) is 0. The lowest BCUT2D eigenvalue weighted by molar-refractivity contribution is -0.137. The smallest absolute Gasteiger partial charge is 0.416 e. The molecule has 0 saturated carbocycles. The molecule has 2 heterocycles. The third kappa shape index (κ3) is 2.07. The Morgan fingerprint density at radius 3 is 2.58 bits per heavy atom. The van der Waals surface area contributed by atoms with Crippen molar-refractivity contribution in [1.29, 1.82) is 0 Å². The third-order valence-corrected chi connectivity index (χ3v) is 2.84. The minimum absolute atomic E-state index is 0.204. The van der Waals surface area contributed by atoms with Crippen LogP contribution in [0.1, 0.15) is 5.56 Å². The van der Waals surface area contributed by atoms with E-state index in [1.165, 1.54) is 12.3 Å². The van der Waals surface area contributed by atoms with Gasteiger partial charge in [0.1, 0.15) is 11.8 Å². The van der Waals surface area contributed by atoms with Crippen molar-refractivity contribution in [3.05, 3.63) is 54.4 Å². The maximum atomic E-state index is 12.6. The predicted octanol–water partition coefficient (Wildman–Crippen LogP) is 4.51. The second-order valence-corrected chi connectivity index (χ2v) is 4.07. The van der Waals surface area contributed by atoms with Gasteiger partial charge >= 0.3 is 6.18 Å². The van der Waals surface area contributed by atoms with Gasteiger partial charge in [-0.2, -0.15) is 13.2 Å². The van der Waals surface area contributed by atoms with E-state index >= 15 is 0 Å². The van der Waals surface area contributed by atoms with Crippen LogP contribution in [0.2, 0.25) is 0 Å². The van der Waals surface area contributed by atoms with Crippen molar-refractivity contribution in [1.82, 2.24) is 4.98 Å². The number of rotatable bonds is 1. The van der Waals surface area contributed by atoms with Crippen LogP contribution in [-0.4, -0.2) is 4.98 Å². The largest absolute Gasteiger partial charge is 0.464 e. The molecular formula is C14H8F3NO. The fourth-order valence-corrected chi connectivity index (χ4v) is 1.93. The van der Waals surface area contributed by atoms with Crippen molar-refractivity contribution >= 4 is 11.0 Å². The summed E-state index contributed by atoms with van der Waals surface area (Å²) in [5.41, 5.74) is 0.836. The molecule has 19 heavy (non-hydrogen) atoms. The summed E-state index contributed by atoms with van der Waals surface area (Å²) in [6, 6.07) is 8.82. The minimum atomic E-state index is -4.37. The van der Waals surface area contributed by atoms with Crippen LogP contribution in [0, 0.1) is 0 Å². The molecule has 96 valence electrons. The molecule has 1 aromatic carbocycles. The molecule has 0 unspecified atom stereocenters. The molecule has 2 aromatic heterocycles. The Labute approximate surface area is 106 Å². The van der Waals surface area contributed by atoms with Gasteiger partial charge < -0.3 is 4.42 Å². The minimum Gasteiger partial charge on any atom is -0.464 e. The van der Waals surface area contributed by atoms with E-state index in [4.69, 9.17) is 4.42 Å². The first kappa shape index (κ1) is 11.8. The average Bonchev–Trinajstić information content (AvgIpc) is 2.81. The van der Waals surface area contributed by atoms with Crippen LogP contribution in [0.4, 0.5) is 13.2 Å². The van der Waals surface area contributed by atoms with Crippen LogP contribution in [0.3, 0.4) is 0 Å². The SMILES string of the molecule is FC(F)(F)c1ccc2c(-c3ccccn3)coc2c1. The monoisotopic (exact) mass is 263 g/mol. The number of hydrogen-bond donors (Lipinski definition) is 0. The first-order valence-corrected chi connectivity index (χ1v) is 5.55. The molecule has 0 saturated heterocycles. The molecule has 0 fully saturated rings. The summed E-state index contributed by atoms with van der Waals surface area (Å²) in [6.45, 7) is 0. The summed E-state index contributed by atoms with van der Waals surface area (Å²) in [5, 5.41) is 0.617. The molecular weight excluding hydrogens is 255 g/mol. The van der Waals surface area contributed by atoms with Gasteiger partial charge in [-0.1, -0.05) is 6.07 Å². The zero-order chi connectivity index (χ0) is 13.5. The zero-order valence-corrected chi connectivity index (χ0v) is 9.61. The molecule has 0 N–H and O–H groups in total. The van der Waals surface area contributed by atoms with E-state index in [-0.39, 0.29) is 5.58 Å². The number of benzene rings is 1. The summed E-state index contributed by atoms with van der Waals surface area (Å²) < 4.78 is 43.0. The molecule has 0 atom stereocenters. The van der Waals surface area contributed by atoms with Crippen LogP contribution < -0.4 is 0 Å². The molecule has 0 aliphatic heterocycles. The van der Waals surface area contributed by atoms with E-state index < -0.39 is 11.7 Å². The molecule has 0 aliphatic carbocycles. The van der Waals surface area contributed by atoms with Gasteiger partial charge in [-0.3, -0.25) is 4.98 Å². The van der Waals surface area contributed by atoms with Crippen molar-refractivity contribution < 1.29 is 17.6 Å². The molecule has 0 amide bonds. The summed E-state index contributed by atoms with van der Waals surface area (Å²) in [4.78, 5) is 4.16. The average molecular weight is 263 g/mol. The van der Waals surface area contributed by atoms with Gasteiger partial charge in [0.25, 0.3) is 0 Å². The van der Waals surface area contributed by atoms with E-state index in [1.807, 2.05) is 6.07 Å². The van der Waals surface area contributed by atoms with Gasteiger partial charge in [0.15, 0.2) is 0 Å². The highest BCUT2D eigenvalue weighted by molar-refractivity contribution is 5.93. The predicted molar refractivity (Wildman–Crippen MR) is 64.4 cm³/mol. The highest BCUT2D eigenvalue weighted by Crippen LogP contribution is 2.35. The number of alkyl halides is 3. The molecule has 0 spiro atoms. The van der Waals surface area contributed by atoms with Crippen LogP contribution >= 0.6 is 0 Å². The van der Waals surface area contributed by atoms with Gasteiger partial charge in [0, 0.05) is 17.1 Å². The maximum absolute atomic E-state index is 12.6. The van der Waals surface area contributed by atoms with Crippen LogP contribution in [-0.2, 0) is 6.18 Å². The molecule has 5 heteroatoms. The Balaban J connectivity index is 2.16. The Kier molecular flexibility index (Phi) is 2.55. The standard InChI is InChI=1S/C14H8F3NO/c15-14(16,17)9-4-5-10-11(8-19-13(10)7-9)12-3-1-2-6-18-12/h1-8H. The van der Waals surface area contributed by atoms with E-state index in [9.17, 15) is 13.2 Å². The van der Waals surface area contributed by atoms with E-state index in [2.05, 4.69) is 4.98 Å². The Bertz CT molecular complexity index is 716. The quantitative estimate of drug-likeness (QED) is 0.645. The number of pyridine rings is 1. The van der Waals surface area contributed by atoms with Crippen molar-refractivity contribution in [2.75, 3.05) is 0 Å². The lowest BCUT2D eigenvalue weighted by atomic mass is 10.1. The molecule has 2 nitrogen and oxygen atoms in total. The van der Waals surface area contributed by atoms with Crippen molar-refractivity contribution in [3.8, 4) is 11.3 Å². The highest BCUT2D eigenvalue weighted by atomic mass is 19.4. The van der Waals surface area contributed by atoms with Crippen molar-refractivity contribution in [3.63, 3.8) is 0 Å². The lowest BCUT2D eigenvalue weighted by Gasteiger charge is -2.05. The lowest BCUT2D eigenvalue weighted by Crippen LogP contribution is -2.03. The Hall–Kier alpha value is -2.30. The number of nitrogens with zero attached hydrogens (tertiary/aromatic N) is 1. The Morgan fingerprint density at radius 1 is 1.05 bits per heavy atom. The number of furan rings is 1. The van der Waals surface area contributed by atoms with Gasteiger partial charge in [-0.15, -0.1) is 0 Å². The summed E-state index contributed by atoms with van der Waals surface area (Å²) in [6.07, 6.45) is -1.32. The number of fused-ring (bicyclic) bond motifs is 1. The molecule has 0 aliphatic rings. The normalized spacial score (nSPS) is 11.9. The fraction of sp³-hybridized carbons (Fsp3) is 0.0714. The topological polar surface area (TPSA) is 26.0 Å².